The number of hydrogen-bond acceptors (Lipinski definition) is 2. The number of amides is 1. The van der Waals surface area contributed by atoms with Crippen LogP contribution in [0.2, 0.25) is 5.02 Å². The van der Waals surface area contributed by atoms with E-state index < -0.39 is 5.91 Å². The van der Waals surface area contributed by atoms with Gasteiger partial charge >= 0.3 is 0 Å². The summed E-state index contributed by atoms with van der Waals surface area (Å²) in [5.41, 5.74) is 8.10. The molecule has 0 aliphatic carbocycles. The first-order chi connectivity index (χ1) is 10.5. The second-order valence-corrected chi connectivity index (χ2v) is 6.03. The first-order valence-electron chi connectivity index (χ1n) is 6.61. The Labute approximate surface area is 142 Å². The van der Waals surface area contributed by atoms with E-state index in [1.807, 2.05) is 37.3 Å². The van der Waals surface area contributed by atoms with Crippen molar-refractivity contribution in [1.29, 1.82) is 0 Å². The topological polar surface area (TPSA) is 52.3 Å². The maximum absolute atomic E-state index is 10.8. The van der Waals surface area contributed by atoms with Crippen molar-refractivity contribution in [3.8, 4) is 5.75 Å². The summed E-state index contributed by atoms with van der Waals surface area (Å²) in [6, 6.07) is 11.5. The average Bonchev–Trinajstić information content (AvgIpc) is 2.46. The van der Waals surface area contributed by atoms with Gasteiger partial charge in [0.25, 0.3) is 0 Å². The molecule has 0 fully saturated rings. The Bertz CT molecular complexity index is 705. The molecule has 0 radical (unpaired) electrons. The van der Waals surface area contributed by atoms with Gasteiger partial charge < -0.3 is 10.5 Å². The summed E-state index contributed by atoms with van der Waals surface area (Å²) in [5, 5.41) is 0.465. The van der Waals surface area contributed by atoms with Crippen molar-refractivity contribution >= 4 is 39.5 Å². The minimum Gasteiger partial charge on any atom is -0.486 e. The molecule has 0 aliphatic heterocycles. The van der Waals surface area contributed by atoms with E-state index >= 15 is 0 Å². The highest BCUT2D eigenvalue weighted by molar-refractivity contribution is 9.10. The third-order valence-corrected chi connectivity index (χ3v) is 3.96. The van der Waals surface area contributed by atoms with Crippen LogP contribution in [0.15, 0.2) is 46.9 Å². The van der Waals surface area contributed by atoms with Gasteiger partial charge in [-0.1, -0.05) is 35.9 Å². The molecule has 0 aliphatic rings. The normalized spacial score (nSPS) is 10.9. The summed E-state index contributed by atoms with van der Waals surface area (Å²) in [7, 11) is 0. The number of primary amides is 1. The standard InChI is InChI=1S/C17H15BrClNO2/c1-11-4-2-3-5-13(11)10-22-17-14(18)8-12(9-15(17)19)6-7-16(20)21/h2-9H,10H2,1H3,(H2,20,21)/b7-6+. The van der Waals surface area contributed by atoms with E-state index in [0.29, 0.717) is 17.4 Å². The maximum Gasteiger partial charge on any atom is 0.241 e. The van der Waals surface area contributed by atoms with Crippen molar-refractivity contribution in [2.75, 3.05) is 0 Å². The monoisotopic (exact) mass is 379 g/mol. The Hall–Kier alpha value is -1.78. The van der Waals surface area contributed by atoms with Crippen LogP contribution in [-0.4, -0.2) is 5.91 Å². The van der Waals surface area contributed by atoms with Crippen molar-refractivity contribution < 1.29 is 9.53 Å². The van der Waals surface area contributed by atoms with Crippen molar-refractivity contribution in [2.24, 2.45) is 5.73 Å². The molecule has 0 unspecified atom stereocenters. The highest BCUT2D eigenvalue weighted by Crippen LogP contribution is 2.35. The van der Waals surface area contributed by atoms with Crippen LogP contribution >= 0.6 is 27.5 Å². The molecule has 2 N–H and O–H groups in total. The summed E-state index contributed by atoms with van der Waals surface area (Å²) in [4.78, 5) is 10.8. The number of nitrogens with two attached hydrogens (primary N) is 1. The number of carbonyl (C=O) groups is 1. The summed E-state index contributed by atoms with van der Waals surface area (Å²) in [5.74, 6) is 0.0632. The molecule has 0 spiro atoms. The average molecular weight is 381 g/mol. The predicted octanol–water partition coefficient (Wildman–Crippen LogP) is 4.49. The van der Waals surface area contributed by atoms with Crippen LogP contribution in [0.4, 0.5) is 0 Å². The van der Waals surface area contributed by atoms with Gasteiger partial charge in [0.2, 0.25) is 5.91 Å². The van der Waals surface area contributed by atoms with Gasteiger partial charge in [-0.25, -0.2) is 0 Å². The molecule has 2 rings (SSSR count). The van der Waals surface area contributed by atoms with E-state index in [9.17, 15) is 4.79 Å². The Balaban J connectivity index is 2.18. The van der Waals surface area contributed by atoms with Crippen molar-refractivity contribution in [3.05, 3.63) is 68.7 Å². The fourth-order valence-corrected chi connectivity index (χ4v) is 2.90. The van der Waals surface area contributed by atoms with Gasteiger partial charge in [-0.05, 0) is 57.8 Å². The fourth-order valence-electron chi connectivity index (χ4n) is 1.91. The van der Waals surface area contributed by atoms with E-state index in [1.54, 1.807) is 12.1 Å². The minimum atomic E-state index is -0.507. The lowest BCUT2D eigenvalue weighted by atomic mass is 10.1. The lowest BCUT2D eigenvalue weighted by Crippen LogP contribution is -2.05. The van der Waals surface area contributed by atoms with Gasteiger partial charge in [0.05, 0.1) is 9.50 Å². The molecule has 0 atom stereocenters. The minimum absolute atomic E-state index is 0.432. The van der Waals surface area contributed by atoms with Crippen LogP contribution in [0.5, 0.6) is 5.75 Å². The molecule has 3 nitrogen and oxygen atoms in total. The van der Waals surface area contributed by atoms with Crippen molar-refractivity contribution in [3.63, 3.8) is 0 Å². The van der Waals surface area contributed by atoms with Crippen LogP contribution in [-0.2, 0) is 11.4 Å². The smallest absolute Gasteiger partial charge is 0.241 e. The summed E-state index contributed by atoms with van der Waals surface area (Å²) in [6.07, 6.45) is 2.88. The zero-order valence-electron chi connectivity index (χ0n) is 12.0. The van der Waals surface area contributed by atoms with Gasteiger partial charge in [-0.3, -0.25) is 4.79 Å². The van der Waals surface area contributed by atoms with E-state index in [0.717, 1.165) is 21.2 Å². The lowest BCUT2D eigenvalue weighted by molar-refractivity contribution is -0.113. The number of ether oxygens (including phenoxy) is 1. The molecule has 0 bridgehead atoms. The quantitative estimate of drug-likeness (QED) is 0.777. The Morgan fingerprint density at radius 3 is 2.73 bits per heavy atom. The van der Waals surface area contributed by atoms with E-state index in [4.69, 9.17) is 22.1 Å². The number of rotatable bonds is 5. The summed E-state index contributed by atoms with van der Waals surface area (Å²) >= 11 is 9.69. The lowest BCUT2D eigenvalue weighted by Gasteiger charge is -2.12. The number of benzene rings is 2. The van der Waals surface area contributed by atoms with Gasteiger partial charge in [-0.15, -0.1) is 0 Å². The largest absolute Gasteiger partial charge is 0.486 e. The number of halogens is 2. The molecular weight excluding hydrogens is 366 g/mol. The predicted molar refractivity (Wildman–Crippen MR) is 92.9 cm³/mol. The summed E-state index contributed by atoms with van der Waals surface area (Å²) < 4.78 is 6.54. The second kappa shape index (κ2) is 7.47. The van der Waals surface area contributed by atoms with Crippen molar-refractivity contribution in [1.82, 2.24) is 0 Å². The zero-order chi connectivity index (χ0) is 16.1. The van der Waals surface area contributed by atoms with E-state index in [1.165, 1.54) is 6.08 Å². The van der Waals surface area contributed by atoms with Crippen LogP contribution in [0, 0.1) is 6.92 Å². The van der Waals surface area contributed by atoms with Crippen LogP contribution in [0.1, 0.15) is 16.7 Å². The van der Waals surface area contributed by atoms with Gasteiger partial charge in [0.1, 0.15) is 6.61 Å². The number of aryl methyl sites for hydroxylation is 1. The molecule has 0 saturated carbocycles. The number of carbonyl (C=O) groups excluding carboxylic acids is 1. The first-order valence-corrected chi connectivity index (χ1v) is 7.78. The van der Waals surface area contributed by atoms with Crippen molar-refractivity contribution in [2.45, 2.75) is 13.5 Å². The van der Waals surface area contributed by atoms with Crippen LogP contribution in [0.25, 0.3) is 6.08 Å². The third kappa shape index (κ3) is 4.36. The molecule has 0 heterocycles. The molecule has 5 heteroatoms. The maximum atomic E-state index is 10.8. The molecule has 22 heavy (non-hydrogen) atoms. The SMILES string of the molecule is Cc1ccccc1COc1c(Cl)cc(/C=C/C(N)=O)cc1Br. The molecule has 114 valence electrons. The highest BCUT2D eigenvalue weighted by Gasteiger charge is 2.09. The van der Waals surface area contributed by atoms with Crippen LogP contribution in [0.3, 0.4) is 0 Å². The highest BCUT2D eigenvalue weighted by atomic mass is 79.9. The molecule has 1 amide bonds. The molecule has 2 aromatic carbocycles. The Morgan fingerprint density at radius 1 is 1.36 bits per heavy atom. The second-order valence-electron chi connectivity index (χ2n) is 4.76. The van der Waals surface area contributed by atoms with Gasteiger partial charge in [0, 0.05) is 6.08 Å². The zero-order valence-corrected chi connectivity index (χ0v) is 14.3. The third-order valence-electron chi connectivity index (χ3n) is 3.09. The molecule has 0 saturated heterocycles. The molecule has 2 aromatic rings. The Morgan fingerprint density at radius 2 is 2.09 bits per heavy atom. The number of hydrogen-bond donors (Lipinski definition) is 1. The van der Waals surface area contributed by atoms with Crippen LogP contribution < -0.4 is 10.5 Å². The van der Waals surface area contributed by atoms with E-state index in [-0.39, 0.29) is 0 Å². The van der Waals surface area contributed by atoms with Gasteiger partial charge in [0.15, 0.2) is 5.75 Å². The fraction of sp³-hybridized carbons (Fsp3) is 0.118. The molecule has 0 aromatic heterocycles. The Kier molecular flexibility index (Phi) is 5.63. The van der Waals surface area contributed by atoms with E-state index in [2.05, 4.69) is 15.9 Å². The van der Waals surface area contributed by atoms with Gasteiger partial charge in [-0.2, -0.15) is 0 Å². The molecular formula is C17H15BrClNO2. The first kappa shape index (κ1) is 16.6. The summed E-state index contributed by atoms with van der Waals surface area (Å²) in [6.45, 7) is 2.47.